The van der Waals surface area contributed by atoms with Gasteiger partial charge in [0.2, 0.25) is 11.2 Å². The lowest BCUT2D eigenvalue weighted by atomic mass is 10.2. The van der Waals surface area contributed by atoms with Gasteiger partial charge in [-0.25, -0.2) is 0 Å². The van der Waals surface area contributed by atoms with Crippen LogP contribution in [0.4, 0.5) is 18.9 Å². The van der Waals surface area contributed by atoms with Crippen LogP contribution in [0, 0.1) is 6.92 Å². The van der Waals surface area contributed by atoms with E-state index in [0.29, 0.717) is 18.0 Å². The average molecular weight is 513 g/mol. The van der Waals surface area contributed by atoms with Crippen LogP contribution in [0.2, 0.25) is 0 Å². The van der Waals surface area contributed by atoms with Crippen molar-refractivity contribution in [2.75, 3.05) is 18.5 Å². The van der Waals surface area contributed by atoms with Crippen molar-refractivity contribution in [1.82, 2.24) is 0 Å². The minimum atomic E-state index is -5.00. The maximum absolute atomic E-state index is 13.7. The van der Waals surface area contributed by atoms with Gasteiger partial charge in [0.05, 0.1) is 12.0 Å². The predicted molar refractivity (Wildman–Crippen MR) is 130 cm³/mol. The van der Waals surface area contributed by atoms with Crippen LogP contribution >= 0.6 is 0 Å². The van der Waals surface area contributed by atoms with E-state index in [2.05, 4.69) is 5.32 Å². The SMILES string of the molecule is CCOc1ccc(NC(=O)COc2ccc3c(=O)c(Oc4ccc(C)cc4)c(C(F)(F)F)oc3c2)cc1. The third-order valence-electron chi connectivity index (χ3n) is 5.14. The van der Waals surface area contributed by atoms with Gasteiger partial charge in [0.15, 0.2) is 6.61 Å². The number of hydrogen-bond donors (Lipinski definition) is 1. The number of carbonyl (C=O) groups excluding carboxylic acids is 1. The summed E-state index contributed by atoms with van der Waals surface area (Å²) in [6, 6.07) is 16.6. The summed E-state index contributed by atoms with van der Waals surface area (Å²) in [7, 11) is 0. The highest BCUT2D eigenvalue weighted by molar-refractivity contribution is 5.92. The summed E-state index contributed by atoms with van der Waals surface area (Å²) in [6.07, 6.45) is -5.00. The fourth-order valence-corrected chi connectivity index (χ4v) is 3.40. The number of carbonyl (C=O) groups is 1. The molecule has 3 aromatic carbocycles. The second-order valence-corrected chi connectivity index (χ2v) is 7.95. The molecule has 1 heterocycles. The van der Waals surface area contributed by atoms with E-state index < -0.39 is 35.6 Å². The maximum Gasteiger partial charge on any atom is 0.453 e. The summed E-state index contributed by atoms with van der Waals surface area (Å²) in [6.45, 7) is 3.74. The summed E-state index contributed by atoms with van der Waals surface area (Å²) in [5.41, 5.74) is 0.0269. The van der Waals surface area contributed by atoms with E-state index in [4.69, 9.17) is 18.6 Å². The lowest BCUT2D eigenvalue weighted by Gasteiger charge is -2.14. The van der Waals surface area contributed by atoms with Crippen LogP contribution in [-0.2, 0) is 11.0 Å². The molecule has 0 aliphatic heterocycles. The van der Waals surface area contributed by atoms with E-state index in [1.54, 1.807) is 43.3 Å². The van der Waals surface area contributed by atoms with Gasteiger partial charge in [-0.05, 0) is 62.4 Å². The predicted octanol–water partition coefficient (Wildman–Crippen LogP) is 6.33. The summed E-state index contributed by atoms with van der Waals surface area (Å²) in [4.78, 5) is 25.1. The van der Waals surface area contributed by atoms with Crippen LogP contribution in [0.15, 0.2) is 75.9 Å². The third kappa shape index (κ3) is 6.21. The molecule has 4 aromatic rings. The molecule has 0 radical (unpaired) electrons. The topological polar surface area (TPSA) is 87.0 Å². The van der Waals surface area contributed by atoms with Crippen molar-refractivity contribution in [3.8, 4) is 23.0 Å². The molecule has 192 valence electrons. The molecule has 7 nitrogen and oxygen atoms in total. The van der Waals surface area contributed by atoms with Gasteiger partial charge in [0, 0.05) is 11.8 Å². The lowest BCUT2D eigenvalue weighted by molar-refractivity contribution is -0.154. The maximum atomic E-state index is 13.7. The van der Waals surface area contributed by atoms with Gasteiger partial charge in [-0.2, -0.15) is 13.2 Å². The Bertz CT molecular complexity index is 1460. The van der Waals surface area contributed by atoms with Crippen LogP contribution in [0.1, 0.15) is 18.2 Å². The van der Waals surface area contributed by atoms with Crippen LogP contribution in [0.3, 0.4) is 0 Å². The van der Waals surface area contributed by atoms with Gasteiger partial charge in [-0.1, -0.05) is 17.7 Å². The fraction of sp³-hybridized carbons (Fsp3) is 0.185. The van der Waals surface area contributed by atoms with E-state index in [9.17, 15) is 22.8 Å². The van der Waals surface area contributed by atoms with E-state index in [-0.39, 0.29) is 22.5 Å². The van der Waals surface area contributed by atoms with Crippen molar-refractivity contribution in [2.45, 2.75) is 20.0 Å². The first-order valence-corrected chi connectivity index (χ1v) is 11.2. The smallest absolute Gasteiger partial charge is 0.453 e. The molecule has 10 heteroatoms. The molecule has 0 bridgehead atoms. The summed E-state index contributed by atoms with van der Waals surface area (Å²) in [5, 5.41) is 2.49. The summed E-state index contributed by atoms with van der Waals surface area (Å²) < 4.78 is 62.3. The van der Waals surface area contributed by atoms with Crippen LogP contribution in [-0.4, -0.2) is 19.1 Å². The Hall–Kier alpha value is -4.47. The second kappa shape index (κ2) is 10.7. The van der Waals surface area contributed by atoms with E-state index in [0.717, 1.165) is 11.6 Å². The summed E-state index contributed by atoms with van der Waals surface area (Å²) in [5.74, 6) is -2.29. The number of anilines is 1. The number of aryl methyl sites for hydroxylation is 1. The zero-order valence-corrected chi connectivity index (χ0v) is 19.8. The van der Waals surface area contributed by atoms with Crippen molar-refractivity contribution in [1.29, 1.82) is 0 Å². The Morgan fingerprint density at radius 1 is 0.919 bits per heavy atom. The quantitative estimate of drug-likeness (QED) is 0.296. The van der Waals surface area contributed by atoms with E-state index >= 15 is 0 Å². The largest absolute Gasteiger partial charge is 0.494 e. The molecular formula is C27H22F3NO6. The Morgan fingerprint density at radius 3 is 2.22 bits per heavy atom. The van der Waals surface area contributed by atoms with Crippen molar-refractivity contribution in [3.63, 3.8) is 0 Å². The molecule has 0 saturated heterocycles. The number of hydrogen-bond acceptors (Lipinski definition) is 6. The number of fused-ring (bicyclic) bond motifs is 1. The number of alkyl halides is 3. The van der Waals surface area contributed by atoms with Gasteiger partial charge < -0.3 is 23.9 Å². The Kier molecular flexibility index (Phi) is 7.37. The van der Waals surface area contributed by atoms with Crippen LogP contribution < -0.4 is 25.0 Å². The normalized spacial score (nSPS) is 11.3. The average Bonchev–Trinajstić information content (AvgIpc) is 2.86. The minimum absolute atomic E-state index is 0.0396. The Labute approximate surface area is 209 Å². The molecule has 0 fully saturated rings. The van der Waals surface area contributed by atoms with E-state index in [1.165, 1.54) is 24.3 Å². The molecule has 0 unspecified atom stereocenters. The van der Waals surface area contributed by atoms with Crippen LogP contribution in [0.25, 0.3) is 11.0 Å². The standard InChI is InChI=1S/C27H22F3NO6/c1-3-34-18-10-6-17(7-11-18)31-23(32)15-35-20-12-13-21-22(14-20)37-26(27(28,29)30)25(24(21)33)36-19-8-4-16(2)5-9-19/h4-14H,3,15H2,1-2H3,(H,31,32). The zero-order valence-electron chi connectivity index (χ0n) is 19.8. The highest BCUT2D eigenvalue weighted by atomic mass is 19.4. The first kappa shape index (κ1) is 25.6. The number of ether oxygens (including phenoxy) is 3. The molecule has 1 amide bonds. The minimum Gasteiger partial charge on any atom is -0.494 e. The number of nitrogens with one attached hydrogen (secondary N) is 1. The number of rotatable bonds is 8. The molecule has 1 N–H and O–H groups in total. The van der Waals surface area contributed by atoms with Gasteiger partial charge in [-0.3, -0.25) is 9.59 Å². The highest BCUT2D eigenvalue weighted by Gasteiger charge is 2.40. The van der Waals surface area contributed by atoms with Gasteiger partial charge in [0.1, 0.15) is 22.8 Å². The number of benzene rings is 3. The van der Waals surface area contributed by atoms with Crippen molar-refractivity contribution >= 4 is 22.6 Å². The van der Waals surface area contributed by atoms with Crippen molar-refractivity contribution in [2.24, 2.45) is 0 Å². The molecular weight excluding hydrogens is 491 g/mol. The first-order valence-electron chi connectivity index (χ1n) is 11.2. The monoisotopic (exact) mass is 513 g/mol. The van der Waals surface area contributed by atoms with Crippen molar-refractivity contribution in [3.05, 3.63) is 88.3 Å². The van der Waals surface area contributed by atoms with Gasteiger partial charge in [-0.15, -0.1) is 0 Å². The zero-order chi connectivity index (χ0) is 26.6. The van der Waals surface area contributed by atoms with Gasteiger partial charge in [0.25, 0.3) is 11.7 Å². The van der Waals surface area contributed by atoms with Crippen molar-refractivity contribution < 1.29 is 36.6 Å². The Morgan fingerprint density at radius 2 is 1.57 bits per heavy atom. The second-order valence-electron chi connectivity index (χ2n) is 7.95. The number of halogens is 3. The molecule has 0 saturated carbocycles. The van der Waals surface area contributed by atoms with Crippen LogP contribution in [0.5, 0.6) is 23.0 Å². The fourth-order valence-electron chi connectivity index (χ4n) is 3.40. The highest BCUT2D eigenvalue weighted by Crippen LogP contribution is 2.38. The van der Waals surface area contributed by atoms with E-state index in [1.807, 2.05) is 6.92 Å². The lowest BCUT2D eigenvalue weighted by Crippen LogP contribution is -2.20. The molecule has 0 spiro atoms. The molecule has 37 heavy (non-hydrogen) atoms. The Balaban J connectivity index is 1.54. The third-order valence-corrected chi connectivity index (χ3v) is 5.14. The molecule has 1 aromatic heterocycles. The molecule has 4 rings (SSSR count). The molecule has 0 atom stereocenters. The summed E-state index contributed by atoms with van der Waals surface area (Å²) >= 11 is 0. The molecule has 0 aliphatic rings. The first-order chi connectivity index (χ1) is 17.6. The molecule has 0 aliphatic carbocycles. The number of amides is 1. The van der Waals surface area contributed by atoms with Gasteiger partial charge >= 0.3 is 6.18 Å².